The third kappa shape index (κ3) is 3.14. The van der Waals surface area contributed by atoms with E-state index in [1.54, 1.807) is 0 Å². The molecule has 0 saturated carbocycles. The van der Waals surface area contributed by atoms with E-state index in [-0.39, 0.29) is 0 Å². The van der Waals surface area contributed by atoms with Gasteiger partial charge >= 0.3 is 0 Å². The average molecular weight is 191 g/mol. The van der Waals surface area contributed by atoms with Crippen molar-refractivity contribution in [2.24, 2.45) is 0 Å². The number of aromatic nitrogens is 2. The smallest absolute Gasteiger partial charge is 0.159 e. The molecular formula is C11H17N3. The molecule has 3 nitrogen and oxygen atoms in total. The van der Waals surface area contributed by atoms with Crippen LogP contribution in [0, 0.1) is 18.3 Å². The molecule has 0 aromatic carbocycles. The van der Waals surface area contributed by atoms with Crippen LogP contribution in [0.4, 0.5) is 0 Å². The van der Waals surface area contributed by atoms with E-state index in [1.165, 1.54) is 6.20 Å². The summed E-state index contributed by atoms with van der Waals surface area (Å²) < 4.78 is 0. The molecule has 0 atom stereocenters. The first-order chi connectivity index (χ1) is 6.65. The largest absolute Gasteiger partial charge is 0.256 e. The lowest BCUT2D eigenvalue weighted by Crippen LogP contribution is -2.00. The molecule has 0 amide bonds. The summed E-state index contributed by atoms with van der Waals surface area (Å²) in [5.41, 5.74) is 2.20. The maximum absolute atomic E-state index is 8.54. The van der Waals surface area contributed by atoms with Gasteiger partial charge in [-0.2, -0.15) is 5.26 Å². The van der Waals surface area contributed by atoms with Gasteiger partial charge in [-0.05, 0) is 12.8 Å². The molecule has 0 aliphatic rings. The highest BCUT2D eigenvalue weighted by Crippen LogP contribution is 2.13. The van der Waals surface area contributed by atoms with Crippen molar-refractivity contribution < 1.29 is 0 Å². The summed E-state index contributed by atoms with van der Waals surface area (Å²) in [6, 6.07) is 1.96. The van der Waals surface area contributed by atoms with Gasteiger partial charge in [0, 0.05) is 0 Å². The SMILES string of the molecule is CC.Cc1nc(C#N)cnc1C(C)C. The van der Waals surface area contributed by atoms with Crippen LogP contribution < -0.4 is 0 Å². The number of nitrogens with zero attached hydrogens (tertiary/aromatic N) is 3. The molecule has 1 aromatic rings. The van der Waals surface area contributed by atoms with Crippen molar-refractivity contribution >= 4 is 0 Å². The molecule has 0 fully saturated rings. The van der Waals surface area contributed by atoms with Crippen LogP contribution in [0.1, 0.15) is 50.7 Å². The van der Waals surface area contributed by atoms with Gasteiger partial charge in [0.2, 0.25) is 0 Å². The van der Waals surface area contributed by atoms with Gasteiger partial charge in [-0.3, -0.25) is 4.98 Å². The molecule has 0 bridgehead atoms. The van der Waals surface area contributed by atoms with E-state index < -0.39 is 0 Å². The summed E-state index contributed by atoms with van der Waals surface area (Å²) >= 11 is 0. The number of aryl methyl sites for hydroxylation is 1. The summed E-state index contributed by atoms with van der Waals surface area (Å²) in [7, 11) is 0. The highest BCUT2D eigenvalue weighted by Gasteiger charge is 2.06. The average Bonchev–Trinajstić information content (AvgIpc) is 2.20. The minimum absolute atomic E-state index is 0.366. The zero-order chi connectivity index (χ0) is 11.1. The summed E-state index contributed by atoms with van der Waals surface area (Å²) in [4.78, 5) is 8.25. The Morgan fingerprint density at radius 2 is 1.93 bits per heavy atom. The summed E-state index contributed by atoms with van der Waals surface area (Å²) in [5, 5.41) is 8.54. The summed E-state index contributed by atoms with van der Waals surface area (Å²) in [6.07, 6.45) is 1.52. The first kappa shape index (κ1) is 12.6. The van der Waals surface area contributed by atoms with Crippen LogP contribution in [0.2, 0.25) is 0 Å². The number of rotatable bonds is 1. The second kappa shape index (κ2) is 6.09. The molecule has 14 heavy (non-hydrogen) atoms. The molecule has 3 heteroatoms. The molecule has 0 aliphatic carbocycles. The first-order valence-electron chi connectivity index (χ1n) is 4.88. The Kier molecular flexibility index (Phi) is 5.47. The maximum atomic E-state index is 8.54. The standard InChI is InChI=1S/C9H11N3.C2H6/c1-6(2)9-7(3)12-8(4-10)5-11-9;1-2/h5-6H,1-3H3;1-2H3. The molecule has 76 valence electrons. The Hall–Kier alpha value is -1.43. The van der Waals surface area contributed by atoms with Gasteiger partial charge in [0.25, 0.3) is 0 Å². The van der Waals surface area contributed by atoms with Gasteiger partial charge < -0.3 is 0 Å². The maximum Gasteiger partial charge on any atom is 0.159 e. The van der Waals surface area contributed by atoms with E-state index in [4.69, 9.17) is 5.26 Å². The van der Waals surface area contributed by atoms with E-state index in [0.717, 1.165) is 11.4 Å². The number of hydrogen-bond acceptors (Lipinski definition) is 3. The Morgan fingerprint density at radius 3 is 2.29 bits per heavy atom. The van der Waals surface area contributed by atoms with E-state index in [9.17, 15) is 0 Å². The van der Waals surface area contributed by atoms with Crippen LogP contribution in [0.5, 0.6) is 0 Å². The first-order valence-corrected chi connectivity index (χ1v) is 4.88. The molecule has 0 unspecified atom stereocenters. The lowest BCUT2D eigenvalue weighted by molar-refractivity contribution is 0.793. The van der Waals surface area contributed by atoms with Crippen molar-refractivity contribution in [3.63, 3.8) is 0 Å². The Labute approximate surface area is 85.8 Å². The van der Waals surface area contributed by atoms with Crippen LogP contribution in [-0.4, -0.2) is 9.97 Å². The Bertz CT molecular complexity index is 324. The van der Waals surface area contributed by atoms with Gasteiger partial charge in [-0.15, -0.1) is 0 Å². The Morgan fingerprint density at radius 1 is 1.36 bits per heavy atom. The van der Waals surface area contributed by atoms with Crippen LogP contribution in [0.15, 0.2) is 6.20 Å². The Balaban J connectivity index is 0.000000791. The molecule has 0 aliphatic heterocycles. The third-order valence-electron chi connectivity index (χ3n) is 1.65. The van der Waals surface area contributed by atoms with Gasteiger partial charge in [0.05, 0.1) is 17.6 Å². The minimum atomic E-state index is 0.366. The third-order valence-corrected chi connectivity index (χ3v) is 1.65. The number of hydrogen-bond donors (Lipinski definition) is 0. The zero-order valence-corrected chi connectivity index (χ0v) is 9.50. The second-order valence-electron chi connectivity index (χ2n) is 2.99. The van der Waals surface area contributed by atoms with E-state index in [2.05, 4.69) is 23.8 Å². The highest BCUT2D eigenvalue weighted by atomic mass is 14.8. The van der Waals surface area contributed by atoms with Gasteiger partial charge in [0.1, 0.15) is 6.07 Å². The minimum Gasteiger partial charge on any atom is -0.256 e. The molecule has 0 N–H and O–H groups in total. The quantitative estimate of drug-likeness (QED) is 0.685. The molecule has 1 rings (SSSR count). The van der Waals surface area contributed by atoms with Gasteiger partial charge in [0.15, 0.2) is 5.69 Å². The lowest BCUT2D eigenvalue weighted by Gasteiger charge is -2.06. The molecule has 1 aromatic heterocycles. The monoisotopic (exact) mass is 191 g/mol. The van der Waals surface area contributed by atoms with Crippen molar-refractivity contribution in [3.8, 4) is 6.07 Å². The second-order valence-corrected chi connectivity index (χ2v) is 2.99. The lowest BCUT2D eigenvalue weighted by atomic mass is 10.1. The van der Waals surface area contributed by atoms with Crippen molar-refractivity contribution in [3.05, 3.63) is 23.3 Å². The fourth-order valence-corrected chi connectivity index (χ4v) is 1.11. The highest BCUT2D eigenvalue weighted by molar-refractivity contribution is 5.22. The van der Waals surface area contributed by atoms with Gasteiger partial charge in [-0.1, -0.05) is 27.7 Å². The van der Waals surface area contributed by atoms with Crippen LogP contribution in [0.25, 0.3) is 0 Å². The number of nitriles is 1. The van der Waals surface area contributed by atoms with Gasteiger partial charge in [-0.25, -0.2) is 4.98 Å². The van der Waals surface area contributed by atoms with Crippen molar-refractivity contribution in [2.45, 2.75) is 40.5 Å². The van der Waals surface area contributed by atoms with Crippen molar-refractivity contribution in [1.29, 1.82) is 5.26 Å². The van der Waals surface area contributed by atoms with Crippen molar-refractivity contribution in [1.82, 2.24) is 9.97 Å². The fraction of sp³-hybridized carbons (Fsp3) is 0.545. The summed E-state index contributed by atoms with van der Waals surface area (Å²) in [5.74, 6) is 0.366. The fourth-order valence-electron chi connectivity index (χ4n) is 1.11. The molecule has 1 heterocycles. The van der Waals surface area contributed by atoms with Crippen molar-refractivity contribution in [2.75, 3.05) is 0 Å². The zero-order valence-electron chi connectivity index (χ0n) is 9.50. The van der Waals surface area contributed by atoms with E-state index in [1.807, 2.05) is 26.8 Å². The predicted molar refractivity (Wildman–Crippen MR) is 56.9 cm³/mol. The van der Waals surface area contributed by atoms with E-state index >= 15 is 0 Å². The normalized spacial score (nSPS) is 8.93. The van der Waals surface area contributed by atoms with Crippen LogP contribution in [0.3, 0.4) is 0 Å². The molecular weight excluding hydrogens is 174 g/mol. The molecule has 0 saturated heterocycles. The van der Waals surface area contributed by atoms with E-state index in [0.29, 0.717) is 11.6 Å². The van der Waals surface area contributed by atoms with Crippen LogP contribution in [-0.2, 0) is 0 Å². The molecule has 0 spiro atoms. The predicted octanol–water partition coefficient (Wildman–Crippen LogP) is 2.81. The summed E-state index contributed by atoms with van der Waals surface area (Å²) in [6.45, 7) is 10.00. The molecule has 0 radical (unpaired) electrons. The topological polar surface area (TPSA) is 49.6 Å². The van der Waals surface area contributed by atoms with Crippen LogP contribution >= 0.6 is 0 Å².